The summed E-state index contributed by atoms with van der Waals surface area (Å²) in [5.74, 6) is 0.225. The van der Waals surface area contributed by atoms with Crippen molar-refractivity contribution in [2.45, 2.75) is 18.4 Å². The molecule has 8 heteroatoms. The van der Waals surface area contributed by atoms with Gasteiger partial charge in [-0.25, -0.2) is 12.8 Å². The third-order valence-electron chi connectivity index (χ3n) is 4.42. The van der Waals surface area contributed by atoms with Crippen LogP contribution >= 0.6 is 0 Å². The summed E-state index contributed by atoms with van der Waals surface area (Å²) in [6.07, 6.45) is 1.51. The summed E-state index contributed by atoms with van der Waals surface area (Å²) in [7, 11) is -3.89. The number of aryl methyl sites for hydroxylation is 1. The van der Waals surface area contributed by atoms with E-state index in [1.807, 2.05) is 6.07 Å². The van der Waals surface area contributed by atoms with Crippen LogP contribution < -0.4 is 4.31 Å². The molecule has 28 heavy (non-hydrogen) atoms. The Kier molecular flexibility index (Phi) is 4.56. The van der Waals surface area contributed by atoms with Crippen molar-refractivity contribution in [2.75, 3.05) is 4.31 Å². The largest absolute Gasteiger partial charge is 0.285 e. The second-order valence-corrected chi connectivity index (χ2v) is 8.18. The molecule has 0 saturated heterocycles. The summed E-state index contributed by atoms with van der Waals surface area (Å²) >= 11 is 0. The molecule has 6 nitrogen and oxygen atoms in total. The number of hydrogen-bond acceptors (Lipinski definition) is 4. The summed E-state index contributed by atoms with van der Waals surface area (Å²) in [5, 5.41) is 7.96. The van der Waals surface area contributed by atoms with Gasteiger partial charge in [0, 0.05) is 6.20 Å². The van der Waals surface area contributed by atoms with Crippen LogP contribution in [0.15, 0.2) is 77.8 Å². The van der Waals surface area contributed by atoms with Crippen LogP contribution in [0.25, 0.3) is 5.65 Å². The molecule has 0 fully saturated rings. The lowest BCUT2D eigenvalue weighted by Crippen LogP contribution is -2.30. The molecule has 0 bridgehead atoms. The number of para-hydroxylation sites is 1. The van der Waals surface area contributed by atoms with Gasteiger partial charge >= 0.3 is 0 Å². The summed E-state index contributed by atoms with van der Waals surface area (Å²) in [5.41, 5.74) is 1.77. The van der Waals surface area contributed by atoms with E-state index in [0.29, 0.717) is 22.7 Å². The first-order valence-electron chi connectivity index (χ1n) is 8.59. The minimum Gasteiger partial charge on any atom is -0.285 e. The molecule has 0 N–H and O–H groups in total. The van der Waals surface area contributed by atoms with E-state index in [9.17, 15) is 12.8 Å². The molecule has 0 atom stereocenters. The smallest absolute Gasteiger partial charge is 0.266 e. The van der Waals surface area contributed by atoms with Crippen LogP contribution in [0.2, 0.25) is 0 Å². The normalized spacial score (nSPS) is 11.6. The Labute approximate surface area is 161 Å². The van der Waals surface area contributed by atoms with E-state index < -0.39 is 10.0 Å². The van der Waals surface area contributed by atoms with Crippen LogP contribution in [0.3, 0.4) is 0 Å². The highest BCUT2D eigenvalue weighted by Gasteiger charge is 2.26. The van der Waals surface area contributed by atoms with Crippen LogP contribution in [0.1, 0.15) is 11.4 Å². The van der Waals surface area contributed by atoms with E-state index in [0.717, 1.165) is 0 Å². The Morgan fingerprint density at radius 1 is 0.964 bits per heavy atom. The maximum absolute atomic E-state index is 13.5. The zero-order chi connectivity index (χ0) is 19.7. The first-order chi connectivity index (χ1) is 13.4. The Bertz CT molecular complexity index is 1220. The average Bonchev–Trinajstić information content (AvgIpc) is 3.08. The highest BCUT2D eigenvalue weighted by molar-refractivity contribution is 7.92. The molecule has 2 heterocycles. The summed E-state index contributed by atoms with van der Waals surface area (Å²) in [6, 6.07) is 17.7. The predicted molar refractivity (Wildman–Crippen MR) is 104 cm³/mol. The van der Waals surface area contributed by atoms with Gasteiger partial charge in [-0.1, -0.05) is 30.3 Å². The summed E-state index contributed by atoms with van der Waals surface area (Å²) < 4.78 is 43.2. The fraction of sp³-hybridized carbons (Fsp3) is 0.100. The Hall–Kier alpha value is -3.26. The van der Waals surface area contributed by atoms with Gasteiger partial charge in [-0.15, -0.1) is 10.2 Å². The van der Waals surface area contributed by atoms with E-state index in [4.69, 9.17) is 0 Å². The van der Waals surface area contributed by atoms with Gasteiger partial charge in [0.15, 0.2) is 5.65 Å². The zero-order valence-corrected chi connectivity index (χ0v) is 15.8. The lowest BCUT2D eigenvalue weighted by molar-refractivity contribution is 0.589. The standard InChI is InChI=1S/C20H17FN4O2S/c1-15-22-23-20-12-11-19(14-24(15)20)28(26,27)25(18-5-3-2-4-6-18)13-16-7-9-17(21)10-8-16/h2-12,14H,13H2,1H3. The van der Waals surface area contributed by atoms with Crippen LogP contribution in [0.5, 0.6) is 0 Å². The Balaban J connectivity index is 1.81. The second kappa shape index (κ2) is 7.05. The highest BCUT2D eigenvalue weighted by Crippen LogP contribution is 2.26. The molecule has 4 rings (SSSR count). The second-order valence-electron chi connectivity index (χ2n) is 6.31. The number of pyridine rings is 1. The fourth-order valence-corrected chi connectivity index (χ4v) is 4.38. The van der Waals surface area contributed by atoms with Gasteiger partial charge in [-0.3, -0.25) is 8.71 Å². The average molecular weight is 396 g/mol. The van der Waals surface area contributed by atoms with Crippen molar-refractivity contribution >= 4 is 21.4 Å². The number of anilines is 1. The zero-order valence-electron chi connectivity index (χ0n) is 15.0. The first kappa shape index (κ1) is 18.1. The van der Waals surface area contributed by atoms with Crippen LogP contribution in [0.4, 0.5) is 10.1 Å². The monoisotopic (exact) mass is 396 g/mol. The van der Waals surface area contributed by atoms with Gasteiger partial charge in [-0.05, 0) is 48.9 Å². The predicted octanol–water partition coefficient (Wildman–Crippen LogP) is 3.57. The molecular formula is C20H17FN4O2S. The first-order valence-corrected chi connectivity index (χ1v) is 10.0. The van der Waals surface area contributed by atoms with Crippen molar-refractivity contribution in [1.29, 1.82) is 0 Å². The van der Waals surface area contributed by atoms with Crippen LogP contribution in [-0.4, -0.2) is 23.0 Å². The van der Waals surface area contributed by atoms with Crippen molar-refractivity contribution in [3.05, 3.63) is 90.1 Å². The van der Waals surface area contributed by atoms with Gasteiger partial charge in [0.1, 0.15) is 16.5 Å². The maximum Gasteiger partial charge on any atom is 0.266 e. The molecule has 0 saturated carbocycles. The Morgan fingerprint density at radius 3 is 2.39 bits per heavy atom. The molecule has 2 aromatic carbocycles. The molecule has 0 radical (unpaired) electrons. The number of sulfonamides is 1. The van der Waals surface area contributed by atoms with Gasteiger partial charge in [0.2, 0.25) is 0 Å². The third-order valence-corrected chi connectivity index (χ3v) is 6.17. The molecule has 0 spiro atoms. The molecule has 0 aliphatic rings. The number of rotatable bonds is 5. The van der Waals surface area contributed by atoms with Gasteiger partial charge in [0.05, 0.1) is 12.2 Å². The molecule has 0 unspecified atom stereocenters. The number of hydrogen-bond donors (Lipinski definition) is 0. The molecule has 0 aliphatic heterocycles. The van der Waals surface area contributed by atoms with E-state index in [-0.39, 0.29) is 17.3 Å². The summed E-state index contributed by atoms with van der Waals surface area (Å²) in [6.45, 7) is 1.83. The lowest BCUT2D eigenvalue weighted by Gasteiger charge is -2.24. The van der Waals surface area contributed by atoms with Crippen molar-refractivity contribution in [3.63, 3.8) is 0 Å². The molecule has 2 aromatic heterocycles. The number of fused-ring (bicyclic) bond motifs is 1. The van der Waals surface area contributed by atoms with Gasteiger partial charge < -0.3 is 0 Å². The number of aromatic nitrogens is 3. The van der Waals surface area contributed by atoms with E-state index in [1.54, 1.807) is 53.8 Å². The molecule has 4 aromatic rings. The fourth-order valence-electron chi connectivity index (χ4n) is 2.93. The number of nitrogens with zero attached hydrogens (tertiary/aromatic N) is 4. The van der Waals surface area contributed by atoms with Gasteiger partial charge in [-0.2, -0.15) is 0 Å². The van der Waals surface area contributed by atoms with Crippen molar-refractivity contribution < 1.29 is 12.8 Å². The lowest BCUT2D eigenvalue weighted by atomic mass is 10.2. The minimum absolute atomic E-state index is 0.0752. The molecule has 142 valence electrons. The number of benzene rings is 2. The highest BCUT2D eigenvalue weighted by atomic mass is 32.2. The number of halogens is 1. The molecular weight excluding hydrogens is 379 g/mol. The van der Waals surface area contributed by atoms with Gasteiger partial charge in [0.25, 0.3) is 10.0 Å². The minimum atomic E-state index is -3.89. The van der Waals surface area contributed by atoms with E-state index in [2.05, 4.69) is 10.2 Å². The molecule has 0 aliphatic carbocycles. The quantitative estimate of drug-likeness (QED) is 0.517. The Morgan fingerprint density at radius 2 is 1.68 bits per heavy atom. The third kappa shape index (κ3) is 3.34. The topological polar surface area (TPSA) is 67.6 Å². The van der Waals surface area contributed by atoms with E-state index >= 15 is 0 Å². The van der Waals surface area contributed by atoms with Crippen molar-refractivity contribution in [3.8, 4) is 0 Å². The summed E-state index contributed by atoms with van der Waals surface area (Å²) in [4.78, 5) is 0.119. The molecule has 0 amide bonds. The SMILES string of the molecule is Cc1nnc2ccc(S(=O)(=O)N(Cc3ccc(F)cc3)c3ccccc3)cn12. The maximum atomic E-state index is 13.5. The van der Waals surface area contributed by atoms with E-state index in [1.165, 1.54) is 28.7 Å². The van der Waals surface area contributed by atoms with Crippen LogP contribution in [-0.2, 0) is 16.6 Å². The van der Waals surface area contributed by atoms with Crippen LogP contribution in [0, 0.1) is 12.7 Å². The van der Waals surface area contributed by atoms with Crippen molar-refractivity contribution in [2.24, 2.45) is 0 Å². The van der Waals surface area contributed by atoms with Crippen molar-refractivity contribution in [1.82, 2.24) is 14.6 Å².